The zero-order chi connectivity index (χ0) is 11.0. The highest BCUT2D eigenvalue weighted by atomic mass is 16.6. The first-order chi connectivity index (χ1) is 6.59. The van der Waals surface area contributed by atoms with Crippen molar-refractivity contribution in [2.75, 3.05) is 0 Å². The molecule has 0 aromatic rings. The molecule has 14 heavy (non-hydrogen) atoms. The Morgan fingerprint density at radius 2 is 1.79 bits per heavy atom. The largest absolute Gasteiger partial charge is 0.310 e. The van der Waals surface area contributed by atoms with Crippen LogP contribution in [0.2, 0.25) is 0 Å². The van der Waals surface area contributed by atoms with Crippen LogP contribution in [0, 0.1) is 10.1 Å². The van der Waals surface area contributed by atoms with Crippen molar-refractivity contribution >= 4 is 0 Å². The molecule has 0 saturated heterocycles. The summed E-state index contributed by atoms with van der Waals surface area (Å²) < 4.78 is 0. The molecule has 0 rings (SSSR count). The van der Waals surface area contributed by atoms with E-state index in [1.165, 1.54) is 12.8 Å². The van der Waals surface area contributed by atoms with Gasteiger partial charge in [0.2, 0.25) is 6.04 Å². The van der Waals surface area contributed by atoms with E-state index in [4.69, 9.17) is 11.5 Å². The quantitative estimate of drug-likeness (QED) is 0.268. The van der Waals surface area contributed by atoms with E-state index >= 15 is 0 Å². The van der Waals surface area contributed by atoms with Gasteiger partial charge >= 0.3 is 0 Å². The van der Waals surface area contributed by atoms with Crippen LogP contribution in [-0.4, -0.2) is 17.1 Å². The molecular weight excluding hydrogens is 182 g/mol. The van der Waals surface area contributed by atoms with Crippen molar-refractivity contribution in [3.8, 4) is 0 Å². The van der Waals surface area contributed by atoms with Crippen LogP contribution in [0.3, 0.4) is 0 Å². The first kappa shape index (κ1) is 13.3. The average Bonchev–Trinajstić information content (AvgIpc) is 2.09. The Kier molecular flexibility index (Phi) is 7.32. The Morgan fingerprint density at radius 1 is 1.21 bits per heavy atom. The lowest BCUT2D eigenvalue weighted by atomic mass is 10.1. The Morgan fingerprint density at radius 3 is 2.21 bits per heavy atom. The van der Waals surface area contributed by atoms with Crippen LogP contribution in [0.15, 0.2) is 0 Å². The normalized spacial score (nSPS) is 13.1. The molecule has 1 unspecified atom stereocenters. The summed E-state index contributed by atoms with van der Waals surface area (Å²) in [7, 11) is 0. The lowest BCUT2D eigenvalue weighted by molar-refractivity contribution is -0.526. The number of hydrogen-bond acceptors (Lipinski definition) is 4. The van der Waals surface area contributed by atoms with Crippen LogP contribution in [0.5, 0.6) is 0 Å². The lowest BCUT2D eigenvalue weighted by Gasteiger charge is -2.12. The Balaban J connectivity index is 3.57. The maximum atomic E-state index is 10.5. The van der Waals surface area contributed by atoms with Gasteiger partial charge in [0.15, 0.2) is 0 Å². The molecule has 0 radical (unpaired) electrons. The van der Waals surface area contributed by atoms with E-state index in [1.807, 2.05) is 0 Å². The van der Waals surface area contributed by atoms with E-state index in [2.05, 4.69) is 6.92 Å². The molecule has 0 aliphatic carbocycles. The summed E-state index contributed by atoms with van der Waals surface area (Å²) in [5.74, 6) is 0. The monoisotopic (exact) mass is 203 g/mol. The summed E-state index contributed by atoms with van der Waals surface area (Å²) in [5.41, 5.74) is 10.6. The molecule has 0 bridgehead atoms. The van der Waals surface area contributed by atoms with Crippen molar-refractivity contribution in [3.05, 3.63) is 10.1 Å². The molecule has 84 valence electrons. The Labute approximate surface area is 85.0 Å². The predicted octanol–water partition coefficient (Wildman–Crippen LogP) is 1.24. The minimum absolute atomic E-state index is 0.371. The highest BCUT2D eigenvalue weighted by Gasteiger charge is 2.24. The number of hydrogen-bond donors (Lipinski definition) is 2. The molecule has 0 spiro atoms. The van der Waals surface area contributed by atoms with Crippen LogP contribution >= 0.6 is 0 Å². The van der Waals surface area contributed by atoms with Crippen molar-refractivity contribution < 1.29 is 4.92 Å². The van der Waals surface area contributed by atoms with Gasteiger partial charge in [0, 0.05) is 11.3 Å². The summed E-state index contributed by atoms with van der Waals surface area (Å²) in [4.78, 5) is 10.1. The van der Waals surface area contributed by atoms with Gasteiger partial charge in [0.05, 0.1) is 0 Å². The second-order valence-electron chi connectivity index (χ2n) is 3.63. The molecule has 0 fully saturated rings. The highest BCUT2D eigenvalue weighted by Crippen LogP contribution is 2.09. The number of nitrogens with zero attached hydrogens (tertiary/aromatic N) is 1. The number of rotatable bonds is 8. The van der Waals surface area contributed by atoms with E-state index in [9.17, 15) is 10.1 Å². The average molecular weight is 203 g/mol. The second kappa shape index (κ2) is 7.70. The zero-order valence-electron chi connectivity index (χ0n) is 8.82. The smallest absolute Gasteiger partial charge is 0.240 e. The third-order valence-corrected chi connectivity index (χ3v) is 2.32. The number of nitro groups is 1. The van der Waals surface area contributed by atoms with Crippen LogP contribution in [0.4, 0.5) is 0 Å². The van der Waals surface area contributed by atoms with Gasteiger partial charge in [-0.05, 0) is 6.42 Å². The number of unbranched alkanes of at least 4 members (excludes halogenated alkanes) is 4. The summed E-state index contributed by atoms with van der Waals surface area (Å²) in [6.45, 7) is 2.13. The van der Waals surface area contributed by atoms with Gasteiger partial charge in [-0.15, -0.1) is 0 Å². The molecule has 0 aliphatic heterocycles. The summed E-state index contributed by atoms with van der Waals surface area (Å²) in [6.07, 6.45) is 5.04. The van der Waals surface area contributed by atoms with Crippen LogP contribution in [-0.2, 0) is 0 Å². The summed E-state index contributed by atoms with van der Waals surface area (Å²) in [5, 5.41) is 10.5. The standard InChI is InChI=1S/C9H21N3O2/c1-2-3-4-5-6-7-8(9(10)11)12(13)14/h8-9H,2-7,10-11H2,1H3. The van der Waals surface area contributed by atoms with Gasteiger partial charge in [0.1, 0.15) is 6.17 Å². The lowest BCUT2D eigenvalue weighted by Crippen LogP contribution is -2.46. The van der Waals surface area contributed by atoms with Crippen molar-refractivity contribution in [1.29, 1.82) is 0 Å². The van der Waals surface area contributed by atoms with Crippen LogP contribution in [0.1, 0.15) is 45.4 Å². The molecule has 5 heteroatoms. The van der Waals surface area contributed by atoms with Crippen LogP contribution < -0.4 is 11.5 Å². The van der Waals surface area contributed by atoms with Crippen LogP contribution in [0.25, 0.3) is 0 Å². The maximum absolute atomic E-state index is 10.5. The molecule has 0 heterocycles. The highest BCUT2D eigenvalue weighted by molar-refractivity contribution is 4.66. The fourth-order valence-electron chi connectivity index (χ4n) is 1.40. The van der Waals surface area contributed by atoms with Gasteiger partial charge < -0.3 is 11.5 Å². The van der Waals surface area contributed by atoms with Gasteiger partial charge in [0.25, 0.3) is 0 Å². The van der Waals surface area contributed by atoms with Crippen molar-refractivity contribution in [1.82, 2.24) is 0 Å². The topological polar surface area (TPSA) is 95.2 Å². The third-order valence-electron chi connectivity index (χ3n) is 2.32. The third kappa shape index (κ3) is 5.88. The molecule has 0 saturated carbocycles. The summed E-state index contributed by atoms with van der Waals surface area (Å²) in [6, 6.07) is -0.781. The predicted molar refractivity (Wildman–Crippen MR) is 56.3 cm³/mol. The molecule has 0 aromatic heterocycles. The van der Waals surface area contributed by atoms with E-state index < -0.39 is 12.2 Å². The van der Waals surface area contributed by atoms with Crippen molar-refractivity contribution in [2.24, 2.45) is 11.5 Å². The van der Waals surface area contributed by atoms with Crippen molar-refractivity contribution in [3.63, 3.8) is 0 Å². The summed E-state index contributed by atoms with van der Waals surface area (Å²) >= 11 is 0. The second-order valence-corrected chi connectivity index (χ2v) is 3.63. The minimum atomic E-state index is -0.837. The molecule has 5 nitrogen and oxygen atoms in total. The first-order valence-corrected chi connectivity index (χ1v) is 5.24. The number of nitrogens with two attached hydrogens (primary N) is 2. The zero-order valence-corrected chi connectivity index (χ0v) is 8.82. The van der Waals surface area contributed by atoms with Gasteiger partial charge in [-0.25, -0.2) is 0 Å². The van der Waals surface area contributed by atoms with Gasteiger partial charge in [-0.3, -0.25) is 10.1 Å². The fraction of sp³-hybridized carbons (Fsp3) is 1.00. The van der Waals surface area contributed by atoms with Gasteiger partial charge in [-0.1, -0.05) is 32.6 Å². The molecule has 4 N–H and O–H groups in total. The molecule has 0 aromatic carbocycles. The van der Waals surface area contributed by atoms with E-state index in [0.717, 1.165) is 19.3 Å². The van der Waals surface area contributed by atoms with E-state index in [-0.39, 0.29) is 4.92 Å². The Hall–Kier alpha value is -0.680. The molecule has 0 aliphatic rings. The minimum Gasteiger partial charge on any atom is -0.310 e. The maximum Gasteiger partial charge on any atom is 0.240 e. The van der Waals surface area contributed by atoms with Crippen molar-refractivity contribution in [2.45, 2.75) is 57.7 Å². The fourth-order valence-corrected chi connectivity index (χ4v) is 1.40. The first-order valence-electron chi connectivity index (χ1n) is 5.24. The molecule has 1 atom stereocenters. The molecule has 0 amide bonds. The van der Waals surface area contributed by atoms with Gasteiger partial charge in [-0.2, -0.15) is 0 Å². The SMILES string of the molecule is CCCCCCCC(C(N)N)[N+](=O)[O-]. The Bertz CT molecular complexity index is 162. The molecular formula is C9H21N3O2. The van der Waals surface area contributed by atoms with E-state index in [0.29, 0.717) is 6.42 Å². The van der Waals surface area contributed by atoms with E-state index in [1.54, 1.807) is 0 Å².